The zero-order chi connectivity index (χ0) is 5.52. The van der Waals surface area contributed by atoms with Gasteiger partial charge in [-0.3, -0.25) is 0 Å². The van der Waals surface area contributed by atoms with Gasteiger partial charge in [-0.1, -0.05) is 25.5 Å². The summed E-state index contributed by atoms with van der Waals surface area (Å²) in [5.74, 6) is 3.14. The number of rotatable bonds is 0. The topological polar surface area (TPSA) is 0 Å². The summed E-state index contributed by atoms with van der Waals surface area (Å²) < 4.78 is 0. The second-order valence-electron chi connectivity index (χ2n) is 3.74. The zero-order valence-corrected chi connectivity index (χ0v) is 5.31. The van der Waals surface area contributed by atoms with Crippen LogP contribution in [-0.4, -0.2) is 0 Å². The smallest absolute Gasteiger partial charge is 0.00253 e. The monoisotopic (exact) mass is 106 g/mol. The molecule has 0 nitrogen and oxygen atoms in total. The first-order valence-electron chi connectivity index (χ1n) is 3.48. The van der Waals surface area contributed by atoms with Crippen molar-refractivity contribution in [2.45, 2.75) is 13.8 Å². The molecule has 3 rings (SSSR count). The van der Waals surface area contributed by atoms with Gasteiger partial charge in [0, 0.05) is 5.92 Å². The summed E-state index contributed by atoms with van der Waals surface area (Å²) in [6.45, 7) is 4.80. The van der Waals surface area contributed by atoms with Crippen molar-refractivity contribution in [3.05, 3.63) is 11.6 Å². The van der Waals surface area contributed by atoms with Crippen LogP contribution in [0.3, 0.4) is 0 Å². The Hall–Kier alpha value is -0.260. The summed E-state index contributed by atoms with van der Waals surface area (Å²) in [7, 11) is 0. The molecule has 2 saturated carbocycles. The van der Waals surface area contributed by atoms with Crippen molar-refractivity contribution < 1.29 is 0 Å². The molecule has 3 aliphatic rings. The third-order valence-electron chi connectivity index (χ3n) is 3.69. The van der Waals surface area contributed by atoms with Crippen molar-refractivity contribution in [2.24, 2.45) is 23.2 Å². The van der Waals surface area contributed by atoms with Crippen molar-refractivity contribution in [1.82, 2.24) is 0 Å². The molecule has 0 amide bonds. The molecule has 0 heteroatoms. The Morgan fingerprint density at radius 2 is 2.38 bits per heavy atom. The minimum Gasteiger partial charge on any atom is -0.0766 e. The summed E-state index contributed by atoms with van der Waals surface area (Å²) in [6.07, 6.45) is 2.45. The van der Waals surface area contributed by atoms with E-state index in [1.807, 2.05) is 0 Å². The molecule has 0 bridgehead atoms. The van der Waals surface area contributed by atoms with E-state index in [2.05, 4.69) is 19.9 Å². The van der Waals surface area contributed by atoms with Gasteiger partial charge in [-0.15, -0.1) is 0 Å². The molecule has 0 aromatic carbocycles. The molecule has 0 spiro atoms. The summed E-state index contributed by atoms with van der Waals surface area (Å²) in [6, 6.07) is 0. The van der Waals surface area contributed by atoms with Gasteiger partial charge in [-0.25, -0.2) is 0 Å². The van der Waals surface area contributed by atoms with Crippen LogP contribution in [0, 0.1) is 23.2 Å². The predicted molar refractivity (Wildman–Crippen MR) is 32.3 cm³/mol. The summed E-state index contributed by atoms with van der Waals surface area (Å²) in [4.78, 5) is 0. The molecule has 0 aromatic rings. The predicted octanol–water partition coefficient (Wildman–Crippen LogP) is 1.83. The second kappa shape index (κ2) is 0.632. The van der Waals surface area contributed by atoms with Gasteiger partial charge in [-0.05, 0) is 17.3 Å². The van der Waals surface area contributed by atoms with Crippen molar-refractivity contribution in [2.75, 3.05) is 0 Å². The molecular weight excluding hydrogens is 96.1 g/mol. The maximum absolute atomic E-state index is 2.45. The highest BCUT2D eigenvalue weighted by Crippen LogP contribution is 2.84. The SMILES string of the molecule is CC1C2C3C=C3C12C. The lowest BCUT2D eigenvalue weighted by Crippen LogP contribution is -2.11. The van der Waals surface area contributed by atoms with Crippen LogP contribution in [0.4, 0.5) is 0 Å². The van der Waals surface area contributed by atoms with E-state index in [1.165, 1.54) is 0 Å². The third-order valence-corrected chi connectivity index (χ3v) is 3.69. The first-order valence-corrected chi connectivity index (χ1v) is 3.48. The minimum atomic E-state index is 0.741. The van der Waals surface area contributed by atoms with Crippen LogP contribution in [0.1, 0.15) is 13.8 Å². The van der Waals surface area contributed by atoms with Gasteiger partial charge in [0.1, 0.15) is 0 Å². The Balaban J connectivity index is 2.13. The first-order chi connectivity index (χ1) is 3.76. The summed E-state index contributed by atoms with van der Waals surface area (Å²) in [5, 5.41) is 0. The number of hydrogen-bond acceptors (Lipinski definition) is 0. The van der Waals surface area contributed by atoms with Crippen LogP contribution in [0.25, 0.3) is 0 Å². The number of fused-ring (bicyclic) bond motifs is 4. The average molecular weight is 106 g/mol. The van der Waals surface area contributed by atoms with E-state index in [0.717, 1.165) is 23.2 Å². The lowest BCUT2D eigenvalue weighted by Gasteiger charge is -2.17. The van der Waals surface area contributed by atoms with Crippen molar-refractivity contribution >= 4 is 0 Å². The molecule has 0 aromatic heterocycles. The van der Waals surface area contributed by atoms with Gasteiger partial charge in [0.05, 0.1) is 0 Å². The Labute approximate surface area is 49.6 Å². The Kier molecular flexibility index (Phi) is 0.293. The minimum absolute atomic E-state index is 0.741. The van der Waals surface area contributed by atoms with E-state index in [4.69, 9.17) is 0 Å². The molecular formula is C8H10. The molecule has 4 atom stereocenters. The maximum Gasteiger partial charge on any atom is 0.00253 e. The second-order valence-corrected chi connectivity index (χ2v) is 3.74. The van der Waals surface area contributed by atoms with Gasteiger partial charge in [0.2, 0.25) is 0 Å². The summed E-state index contributed by atoms with van der Waals surface area (Å²) >= 11 is 0. The van der Waals surface area contributed by atoms with E-state index in [1.54, 1.807) is 5.57 Å². The fourth-order valence-electron chi connectivity index (χ4n) is 2.79. The molecule has 0 aliphatic heterocycles. The van der Waals surface area contributed by atoms with Gasteiger partial charge >= 0.3 is 0 Å². The molecule has 8 heavy (non-hydrogen) atoms. The average Bonchev–Trinajstić information content (AvgIpc) is 2.48. The molecule has 0 heterocycles. The standard InChI is InChI=1S/C8H10/c1-4-7-5-3-6(5)8(4,7)2/h3-5,7H,1-2H3. The van der Waals surface area contributed by atoms with Crippen LogP contribution in [-0.2, 0) is 0 Å². The van der Waals surface area contributed by atoms with E-state index in [9.17, 15) is 0 Å². The molecule has 42 valence electrons. The molecule has 0 saturated heterocycles. The Morgan fingerprint density at radius 1 is 1.62 bits per heavy atom. The van der Waals surface area contributed by atoms with Gasteiger partial charge in [-0.2, -0.15) is 0 Å². The third kappa shape index (κ3) is 0.146. The highest BCUT2D eigenvalue weighted by Gasteiger charge is 2.77. The Bertz CT molecular complexity index is 202. The van der Waals surface area contributed by atoms with Crippen molar-refractivity contribution in [3.63, 3.8) is 0 Å². The van der Waals surface area contributed by atoms with E-state index in [-0.39, 0.29) is 0 Å². The molecule has 4 unspecified atom stereocenters. The zero-order valence-electron chi connectivity index (χ0n) is 5.31. The Morgan fingerprint density at radius 3 is 2.62 bits per heavy atom. The van der Waals surface area contributed by atoms with Crippen molar-refractivity contribution in [3.8, 4) is 0 Å². The fraction of sp³-hybridized carbons (Fsp3) is 0.750. The van der Waals surface area contributed by atoms with E-state index >= 15 is 0 Å². The van der Waals surface area contributed by atoms with Gasteiger partial charge < -0.3 is 0 Å². The number of allylic oxidation sites excluding steroid dienone is 2. The van der Waals surface area contributed by atoms with Crippen LogP contribution >= 0.6 is 0 Å². The maximum atomic E-state index is 2.45. The van der Waals surface area contributed by atoms with Crippen LogP contribution in [0.5, 0.6) is 0 Å². The lowest BCUT2D eigenvalue weighted by atomic mass is 9.86. The van der Waals surface area contributed by atoms with Crippen LogP contribution in [0.15, 0.2) is 11.6 Å². The van der Waals surface area contributed by atoms with E-state index < -0.39 is 0 Å². The van der Waals surface area contributed by atoms with Gasteiger partial charge in [0.25, 0.3) is 0 Å². The largest absolute Gasteiger partial charge is 0.0766 e. The first kappa shape index (κ1) is 3.71. The normalized spacial score (nSPS) is 71.8. The highest BCUT2D eigenvalue weighted by atomic mass is 14.8. The quantitative estimate of drug-likeness (QED) is 0.413. The molecule has 0 radical (unpaired) electrons. The molecule has 2 fully saturated rings. The molecule has 0 N–H and O–H groups in total. The van der Waals surface area contributed by atoms with Gasteiger partial charge in [0.15, 0.2) is 0 Å². The number of hydrogen-bond donors (Lipinski definition) is 0. The van der Waals surface area contributed by atoms with Crippen LogP contribution in [0.2, 0.25) is 0 Å². The van der Waals surface area contributed by atoms with E-state index in [0.29, 0.717) is 0 Å². The summed E-state index contributed by atoms with van der Waals surface area (Å²) in [5.41, 5.74) is 2.53. The van der Waals surface area contributed by atoms with Crippen LogP contribution < -0.4 is 0 Å². The van der Waals surface area contributed by atoms with Crippen molar-refractivity contribution in [1.29, 1.82) is 0 Å². The lowest BCUT2D eigenvalue weighted by molar-refractivity contribution is 0.455. The molecule has 3 aliphatic carbocycles. The highest BCUT2D eigenvalue weighted by molar-refractivity contribution is 5.56. The fourth-order valence-corrected chi connectivity index (χ4v) is 2.79.